The molecule has 0 amide bonds. The number of aromatic nitrogens is 2. The van der Waals surface area contributed by atoms with E-state index in [1.54, 1.807) is 12.1 Å². The van der Waals surface area contributed by atoms with Crippen molar-refractivity contribution < 1.29 is 13.2 Å². The molecule has 3 aromatic rings. The molecule has 0 spiro atoms. The van der Waals surface area contributed by atoms with Crippen LogP contribution in [0.4, 0.5) is 24.0 Å². The molecule has 8 heteroatoms. The lowest BCUT2D eigenvalue weighted by molar-refractivity contribution is -0.137. The van der Waals surface area contributed by atoms with E-state index in [9.17, 15) is 13.2 Å². The molecular weight excluding hydrogens is 359 g/mol. The molecule has 0 radical (unpaired) electrons. The highest BCUT2D eigenvalue weighted by Gasteiger charge is 2.29. The maximum atomic E-state index is 12.5. The molecule has 2 aromatic carbocycles. The Balaban J connectivity index is 1.66. The molecule has 124 valence electrons. The van der Waals surface area contributed by atoms with Crippen LogP contribution in [-0.4, -0.2) is 10.2 Å². The average Bonchev–Trinajstić information content (AvgIpc) is 2.96. The van der Waals surface area contributed by atoms with Crippen LogP contribution in [0.3, 0.4) is 0 Å². The number of benzene rings is 2. The number of hydrogen-bond acceptors (Lipinski definition) is 4. The molecule has 0 fully saturated rings. The van der Waals surface area contributed by atoms with Crippen molar-refractivity contribution >= 4 is 33.8 Å². The van der Waals surface area contributed by atoms with Crippen LogP contribution >= 0.6 is 22.9 Å². The van der Waals surface area contributed by atoms with E-state index in [-0.39, 0.29) is 0 Å². The van der Waals surface area contributed by atoms with E-state index in [1.807, 2.05) is 12.1 Å². The predicted octanol–water partition coefficient (Wildman–Crippen LogP) is 5.54. The lowest BCUT2D eigenvalue weighted by atomic mass is 10.2. The first-order valence-electron chi connectivity index (χ1n) is 6.91. The summed E-state index contributed by atoms with van der Waals surface area (Å²) in [7, 11) is 0. The highest BCUT2D eigenvalue weighted by Crippen LogP contribution is 2.30. The molecule has 1 aromatic heterocycles. The molecule has 3 nitrogen and oxygen atoms in total. The Morgan fingerprint density at radius 2 is 1.62 bits per heavy atom. The van der Waals surface area contributed by atoms with E-state index in [4.69, 9.17) is 11.6 Å². The summed E-state index contributed by atoms with van der Waals surface area (Å²) in [6, 6.07) is 12.2. The lowest BCUT2D eigenvalue weighted by Gasteiger charge is -2.07. The maximum Gasteiger partial charge on any atom is 0.416 e. The molecular formula is C16H11ClF3N3S. The van der Waals surface area contributed by atoms with Crippen LogP contribution in [0.15, 0.2) is 48.5 Å². The number of anilines is 2. The summed E-state index contributed by atoms with van der Waals surface area (Å²) in [5.74, 6) is 0. The number of rotatable bonds is 4. The van der Waals surface area contributed by atoms with Gasteiger partial charge in [0.25, 0.3) is 0 Å². The molecule has 1 N–H and O–H groups in total. The summed E-state index contributed by atoms with van der Waals surface area (Å²) >= 11 is 7.19. The van der Waals surface area contributed by atoms with Gasteiger partial charge in [-0.3, -0.25) is 0 Å². The van der Waals surface area contributed by atoms with Gasteiger partial charge in [0.15, 0.2) is 0 Å². The highest BCUT2D eigenvalue weighted by atomic mass is 35.5. The van der Waals surface area contributed by atoms with Gasteiger partial charge in [0.1, 0.15) is 5.01 Å². The Morgan fingerprint density at radius 3 is 2.25 bits per heavy atom. The molecule has 0 aliphatic rings. The van der Waals surface area contributed by atoms with Gasteiger partial charge in [0.2, 0.25) is 5.13 Å². The predicted molar refractivity (Wildman–Crippen MR) is 88.9 cm³/mol. The molecule has 0 bridgehead atoms. The molecule has 0 saturated heterocycles. The Morgan fingerprint density at radius 1 is 0.958 bits per heavy atom. The number of halogens is 4. The average molecular weight is 370 g/mol. The Bertz CT molecular complexity index is 814. The normalized spacial score (nSPS) is 11.5. The number of nitrogens with one attached hydrogen (secondary N) is 1. The standard InChI is InChI=1S/C16H11ClF3N3S/c17-12-5-1-10(2-6-12)9-14-22-23-15(24-14)21-13-7-3-11(4-8-13)16(18,19)20/h1-8H,9H2,(H,21,23). The van der Waals surface area contributed by atoms with Crippen molar-refractivity contribution in [1.82, 2.24) is 10.2 Å². The van der Waals surface area contributed by atoms with Gasteiger partial charge in [-0.1, -0.05) is 35.1 Å². The quantitative estimate of drug-likeness (QED) is 0.655. The summed E-state index contributed by atoms with van der Waals surface area (Å²) in [6.07, 6.45) is -3.73. The molecule has 0 aliphatic carbocycles. The zero-order valence-electron chi connectivity index (χ0n) is 12.1. The maximum absolute atomic E-state index is 12.5. The smallest absolute Gasteiger partial charge is 0.330 e. The van der Waals surface area contributed by atoms with Crippen molar-refractivity contribution in [3.8, 4) is 0 Å². The Hall–Kier alpha value is -2.12. The summed E-state index contributed by atoms with van der Waals surface area (Å²) in [5.41, 5.74) is 0.891. The third-order valence-corrected chi connectivity index (χ3v) is 4.29. The minimum atomic E-state index is -4.34. The highest BCUT2D eigenvalue weighted by molar-refractivity contribution is 7.15. The lowest BCUT2D eigenvalue weighted by Crippen LogP contribution is -2.04. The molecule has 0 aliphatic heterocycles. The fourth-order valence-corrected chi connectivity index (χ4v) is 2.94. The third kappa shape index (κ3) is 4.24. The van der Waals surface area contributed by atoms with Crippen molar-refractivity contribution in [2.45, 2.75) is 12.6 Å². The van der Waals surface area contributed by atoms with Gasteiger partial charge in [0.05, 0.1) is 5.56 Å². The van der Waals surface area contributed by atoms with Crippen LogP contribution in [0, 0.1) is 0 Å². The van der Waals surface area contributed by atoms with Crippen molar-refractivity contribution in [2.24, 2.45) is 0 Å². The van der Waals surface area contributed by atoms with E-state index < -0.39 is 11.7 Å². The van der Waals surface area contributed by atoms with E-state index in [0.717, 1.165) is 22.7 Å². The van der Waals surface area contributed by atoms with Crippen LogP contribution in [0.2, 0.25) is 5.02 Å². The monoisotopic (exact) mass is 369 g/mol. The number of nitrogens with zero attached hydrogens (tertiary/aromatic N) is 2. The van der Waals surface area contributed by atoms with Crippen LogP contribution in [0.1, 0.15) is 16.1 Å². The summed E-state index contributed by atoms with van der Waals surface area (Å²) in [6.45, 7) is 0. The zero-order chi connectivity index (χ0) is 17.2. The Kier molecular flexibility index (Phi) is 4.73. The van der Waals surface area contributed by atoms with Gasteiger partial charge in [-0.25, -0.2) is 0 Å². The van der Waals surface area contributed by atoms with Crippen LogP contribution in [-0.2, 0) is 12.6 Å². The number of hydrogen-bond donors (Lipinski definition) is 1. The second kappa shape index (κ2) is 6.78. The minimum Gasteiger partial charge on any atom is -0.330 e. The molecule has 0 atom stereocenters. The molecule has 3 rings (SSSR count). The van der Waals surface area contributed by atoms with Crippen molar-refractivity contribution in [3.63, 3.8) is 0 Å². The summed E-state index contributed by atoms with van der Waals surface area (Å²) in [4.78, 5) is 0. The van der Waals surface area contributed by atoms with E-state index in [2.05, 4.69) is 15.5 Å². The zero-order valence-corrected chi connectivity index (χ0v) is 13.7. The second-order valence-electron chi connectivity index (χ2n) is 5.00. The van der Waals surface area contributed by atoms with Crippen molar-refractivity contribution in [3.05, 3.63) is 69.7 Å². The van der Waals surface area contributed by atoms with Gasteiger partial charge in [-0.05, 0) is 42.0 Å². The largest absolute Gasteiger partial charge is 0.416 e. The second-order valence-corrected chi connectivity index (χ2v) is 6.50. The summed E-state index contributed by atoms with van der Waals surface area (Å²) in [5, 5.41) is 13.0. The van der Waals surface area contributed by atoms with Gasteiger partial charge >= 0.3 is 6.18 Å². The van der Waals surface area contributed by atoms with Crippen LogP contribution < -0.4 is 5.32 Å². The first kappa shape index (κ1) is 16.7. The SMILES string of the molecule is FC(F)(F)c1ccc(Nc2nnc(Cc3ccc(Cl)cc3)s2)cc1. The third-order valence-electron chi connectivity index (χ3n) is 3.20. The first-order valence-corrected chi connectivity index (χ1v) is 8.11. The van der Waals surface area contributed by atoms with E-state index >= 15 is 0 Å². The van der Waals surface area contributed by atoms with Gasteiger partial charge < -0.3 is 5.32 Å². The minimum absolute atomic E-state index is 0.525. The van der Waals surface area contributed by atoms with Gasteiger partial charge in [0, 0.05) is 17.1 Å². The summed E-state index contributed by atoms with van der Waals surface area (Å²) < 4.78 is 37.6. The van der Waals surface area contributed by atoms with E-state index in [1.165, 1.54) is 23.5 Å². The van der Waals surface area contributed by atoms with Gasteiger partial charge in [-0.15, -0.1) is 10.2 Å². The molecule has 0 saturated carbocycles. The fraction of sp³-hybridized carbons (Fsp3) is 0.125. The first-order chi connectivity index (χ1) is 11.4. The molecule has 24 heavy (non-hydrogen) atoms. The van der Waals surface area contributed by atoms with Crippen LogP contribution in [0.25, 0.3) is 0 Å². The molecule has 1 heterocycles. The topological polar surface area (TPSA) is 37.8 Å². The Labute approximate surface area is 145 Å². The van der Waals surface area contributed by atoms with E-state index in [0.29, 0.717) is 22.3 Å². The molecule has 0 unspecified atom stereocenters. The fourth-order valence-electron chi connectivity index (χ4n) is 2.02. The van der Waals surface area contributed by atoms with Crippen molar-refractivity contribution in [2.75, 3.05) is 5.32 Å². The van der Waals surface area contributed by atoms with Crippen LogP contribution in [0.5, 0.6) is 0 Å². The van der Waals surface area contributed by atoms with Gasteiger partial charge in [-0.2, -0.15) is 13.2 Å². The number of alkyl halides is 3. The van der Waals surface area contributed by atoms with Crippen molar-refractivity contribution in [1.29, 1.82) is 0 Å².